The number of hydrogen-bond donors (Lipinski definition) is 2. The van der Waals surface area contributed by atoms with Gasteiger partial charge in [0, 0.05) is 32.1 Å². The topological polar surface area (TPSA) is 44.4 Å². The summed E-state index contributed by atoms with van der Waals surface area (Å²) in [7, 11) is 2.00. The second kappa shape index (κ2) is 5.98. The summed E-state index contributed by atoms with van der Waals surface area (Å²) < 4.78 is 0. The highest BCUT2D eigenvalue weighted by atomic mass is 16.1. The first-order chi connectivity index (χ1) is 6.76. The molecule has 1 fully saturated rings. The number of hydrogen-bond acceptors (Lipinski definition) is 3. The van der Waals surface area contributed by atoms with E-state index < -0.39 is 0 Å². The number of amides is 1. The fourth-order valence-electron chi connectivity index (χ4n) is 1.82. The van der Waals surface area contributed by atoms with Gasteiger partial charge >= 0.3 is 0 Å². The van der Waals surface area contributed by atoms with Crippen LogP contribution in [0.3, 0.4) is 0 Å². The Morgan fingerprint density at radius 1 is 1.57 bits per heavy atom. The molecule has 0 aliphatic carbocycles. The maximum Gasteiger partial charge on any atom is 0.221 e. The van der Waals surface area contributed by atoms with E-state index in [1.165, 1.54) is 6.42 Å². The molecule has 14 heavy (non-hydrogen) atoms. The van der Waals surface area contributed by atoms with Crippen LogP contribution in [0, 0.1) is 0 Å². The van der Waals surface area contributed by atoms with Crippen molar-refractivity contribution in [2.24, 2.45) is 0 Å². The number of carbonyl (C=O) groups excluding carboxylic acids is 1. The Balaban J connectivity index is 2.11. The molecule has 1 atom stereocenters. The second-order valence-corrected chi connectivity index (χ2v) is 3.78. The van der Waals surface area contributed by atoms with Crippen molar-refractivity contribution < 1.29 is 4.79 Å². The molecule has 4 nitrogen and oxygen atoms in total. The Labute approximate surface area is 86.0 Å². The van der Waals surface area contributed by atoms with Gasteiger partial charge in [0.1, 0.15) is 0 Å². The zero-order valence-corrected chi connectivity index (χ0v) is 9.18. The van der Waals surface area contributed by atoms with Crippen LogP contribution in [0.2, 0.25) is 0 Å². The summed E-state index contributed by atoms with van der Waals surface area (Å²) in [6, 6.07) is 0.615. The predicted molar refractivity (Wildman–Crippen MR) is 57.2 cm³/mol. The number of likely N-dealkylation sites (N-methyl/N-ethyl adjacent to an activating group) is 1. The van der Waals surface area contributed by atoms with Gasteiger partial charge in [-0.1, -0.05) is 0 Å². The molecule has 1 saturated heterocycles. The fourth-order valence-corrected chi connectivity index (χ4v) is 1.82. The summed E-state index contributed by atoms with van der Waals surface area (Å²) in [6.07, 6.45) is 1.83. The first kappa shape index (κ1) is 11.5. The lowest BCUT2D eigenvalue weighted by Crippen LogP contribution is -2.32. The highest BCUT2D eigenvalue weighted by Gasteiger charge is 2.20. The molecule has 2 N–H and O–H groups in total. The van der Waals surface area contributed by atoms with Gasteiger partial charge in [-0.3, -0.25) is 4.79 Å². The third kappa shape index (κ3) is 3.64. The van der Waals surface area contributed by atoms with Crippen LogP contribution in [0.4, 0.5) is 0 Å². The monoisotopic (exact) mass is 199 g/mol. The number of rotatable bonds is 5. The third-order valence-corrected chi connectivity index (χ3v) is 2.71. The summed E-state index contributed by atoms with van der Waals surface area (Å²) in [5.74, 6) is 0.167. The van der Waals surface area contributed by atoms with Crippen LogP contribution in [-0.4, -0.2) is 50.1 Å². The zero-order valence-electron chi connectivity index (χ0n) is 9.18. The van der Waals surface area contributed by atoms with E-state index in [9.17, 15) is 4.79 Å². The van der Waals surface area contributed by atoms with E-state index >= 15 is 0 Å². The average molecular weight is 199 g/mol. The summed E-state index contributed by atoms with van der Waals surface area (Å²) in [5, 5.41) is 6.08. The highest BCUT2D eigenvalue weighted by molar-refractivity contribution is 5.75. The molecule has 0 radical (unpaired) electrons. The Kier molecular flexibility index (Phi) is 4.90. The molecule has 1 amide bonds. The lowest BCUT2D eigenvalue weighted by Gasteiger charge is -2.15. The molecule has 1 aliphatic rings. The van der Waals surface area contributed by atoms with Crippen molar-refractivity contribution in [3.8, 4) is 0 Å². The molecule has 1 aliphatic heterocycles. The van der Waals surface area contributed by atoms with Crippen LogP contribution in [0.25, 0.3) is 0 Å². The minimum Gasteiger partial charge on any atom is -0.356 e. The molecule has 0 bridgehead atoms. The number of carbonyl (C=O) groups is 1. The summed E-state index contributed by atoms with van der Waals surface area (Å²) in [6.45, 7) is 5.77. The maximum atomic E-state index is 11.2. The van der Waals surface area contributed by atoms with Crippen molar-refractivity contribution in [2.45, 2.75) is 25.8 Å². The second-order valence-electron chi connectivity index (χ2n) is 3.78. The highest BCUT2D eigenvalue weighted by Crippen LogP contribution is 2.08. The van der Waals surface area contributed by atoms with Crippen LogP contribution in [0.1, 0.15) is 19.8 Å². The van der Waals surface area contributed by atoms with E-state index in [0.29, 0.717) is 12.5 Å². The fraction of sp³-hybridized carbons (Fsp3) is 0.900. The van der Waals surface area contributed by atoms with E-state index in [1.807, 2.05) is 14.0 Å². The number of nitrogens with one attached hydrogen (secondary N) is 2. The first-order valence-corrected chi connectivity index (χ1v) is 5.42. The first-order valence-electron chi connectivity index (χ1n) is 5.42. The Morgan fingerprint density at radius 2 is 2.36 bits per heavy atom. The van der Waals surface area contributed by atoms with Gasteiger partial charge in [-0.2, -0.15) is 0 Å². The number of likely N-dealkylation sites (tertiary alicyclic amines) is 1. The quantitative estimate of drug-likeness (QED) is 0.645. The molecular weight excluding hydrogens is 178 g/mol. The van der Waals surface area contributed by atoms with E-state index in [4.69, 9.17) is 0 Å². The van der Waals surface area contributed by atoms with Gasteiger partial charge in [0.15, 0.2) is 0 Å². The summed E-state index contributed by atoms with van der Waals surface area (Å²) in [4.78, 5) is 13.5. The molecular formula is C10H21N3O. The van der Waals surface area contributed by atoms with Gasteiger partial charge in [-0.05, 0) is 26.9 Å². The Bertz CT molecular complexity index is 184. The lowest BCUT2D eigenvalue weighted by molar-refractivity contribution is -0.121. The Morgan fingerprint density at radius 3 is 2.93 bits per heavy atom. The van der Waals surface area contributed by atoms with Crippen LogP contribution in [0.15, 0.2) is 0 Å². The largest absolute Gasteiger partial charge is 0.356 e. The minimum atomic E-state index is 0.167. The van der Waals surface area contributed by atoms with Crippen LogP contribution >= 0.6 is 0 Å². The molecule has 82 valence electrons. The smallest absolute Gasteiger partial charge is 0.221 e. The van der Waals surface area contributed by atoms with Gasteiger partial charge in [0.25, 0.3) is 0 Å². The molecule has 1 rings (SSSR count). The Hall–Kier alpha value is -0.610. The molecule has 0 aromatic heterocycles. The van der Waals surface area contributed by atoms with Crippen molar-refractivity contribution in [2.75, 3.05) is 33.2 Å². The lowest BCUT2D eigenvalue weighted by atomic mass is 10.3. The SMILES string of the molecule is CCNC(=O)CCN1CCC(NC)C1. The predicted octanol–water partition coefficient (Wildman–Crippen LogP) is -0.194. The van der Waals surface area contributed by atoms with Crippen molar-refractivity contribution in [3.05, 3.63) is 0 Å². The minimum absolute atomic E-state index is 0.167. The van der Waals surface area contributed by atoms with Crippen molar-refractivity contribution in [1.29, 1.82) is 0 Å². The maximum absolute atomic E-state index is 11.2. The molecule has 0 aromatic carbocycles. The molecule has 0 spiro atoms. The standard InChI is InChI=1S/C10H21N3O/c1-3-12-10(14)5-7-13-6-4-9(8-13)11-2/h9,11H,3-8H2,1-2H3,(H,12,14). The molecule has 0 saturated carbocycles. The van der Waals surface area contributed by atoms with Crippen LogP contribution in [0.5, 0.6) is 0 Å². The van der Waals surface area contributed by atoms with Gasteiger partial charge in [0.2, 0.25) is 5.91 Å². The van der Waals surface area contributed by atoms with Gasteiger partial charge < -0.3 is 15.5 Å². The number of nitrogens with zero attached hydrogens (tertiary/aromatic N) is 1. The van der Waals surface area contributed by atoms with Crippen molar-refractivity contribution >= 4 is 5.91 Å². The van der Waals surface area contributed by atoms with Gasteiger partial charge in [-0.15, -0.1) is 0 Å². The molecule has 0 aromatic rings. The zero-order chi connectivity index (χ0) is 10.4. The molecule has 1 heterocycles. The third-order valence-electron chi connectivity index (χ3n) is 2.71. The van der Waals surface area contributed by atoms with E-state index in [0.717, 1.165) is 26.2 Å². The van der Waals surface area contributed by atoms with Gasteiger partial charge in [-0.25, -0.2) is 0 Å². The summed E-state index contributed by atoms with van der Waals surface area (Å²) in [5.41, 5.74) is 0. The van der Waals surface area contributed by atoms with Gasteiger partial charge in [0.05, 0.1) is 0 Å². The van der Waals surface area contributed by atoms with E-state index in [-0.39, 0.29) is 5.91 Å². The average Bonchev–Trinajstić information content (AvgIpc) is 2.63. The van der Waals surface area contributed by atoms with E-state index in [1.54, 1.807) is 0 Å². The normalized spacial score (nSPS) is 22.6. The molecule has 1 unspecified atom stereocenters. The molecule has 4 heteroatoms. The van der Waals surface area contributed by atoms with E-state index in [2.05, 4.69) is 15.5 Å². The van der Waals surface area contributed by atoms with Crippen LogP contribution in [-0.2, 0) is 4.79 Å². The van der Waals surface area contributed by atoms with Crippen LogP contribution < -0.4 is 10.6 Å². The summed E-state index contributed by atoms with van der Waals surface area (Å²) >= 11 is 0. The van der Waals surface area contributed by atoms with Crippen molar-refractivity contribution in [3.63, 3.8) is 0 Å². The van der Waals surface area contributed by atoms with Crippen molar-refractivity contribution in [1.82, 2.24) is 15.5 Å².